The van der Waals surface area contributed by atoms with E-state index in [1.54, 1.807) is 11.8 Å². The van der Waals surface area contributed by atoms with Crippen molar-refractivity contribution >= 4 is 11.8 Å². The van der Waals surface area contributed by atoms with Gasteiger partial charge in [0.1, 0.15) is 5.82 Å². The van der Waals surface area contributed by atoms with Gasteiger partial charge in [-0.3, -0.25) is 5.10 Å². The van der Waals surface area contributed by atoms with E-state index in [2.05, 4.69) is 36.0 Å². The van der Waals surface area contributed by atoms with Gasteiger partial charge in [0.25, 0.3) is 0 Å². The highest BCUT2D eigenvalue weighted by atomic mass is 32.2. The lowest BCUT2D eigenvalue weighted by Crippen LogP contribution is -1.89. The number of nitrogens with zero attached hydrogens (tertiary/aromatic N) is 2. The molecular formula is C17H33N3S. The van der Waals surface area contributed by atoms with Crippen LogP contribution in [0.4, 0.5) is 0 Å². The first kappa shape index (κ1) is 18.5. The molecule has 21 heavy (non-hydrogen) atoms. The Bertz CT molecular complexity index is 350. The van der Waals surface area contributed by atoms with Crippen LogP contribution >= 0.6 is 11.8 Å². The SMILES string of the molecule is CCCCCCCCCCCCSc1n[nH]c(C(C)C)n1. The predicted molar refractivity (Wildman–Crippen MR) is 93.0 cm³/mol. The molecule has 4 heteroatoms. The summed E-state index contributed by atoms with van der Waals surface area (Å²) in [5, 5.41) is 8.17. The average molecular weight is 312 g/mol. The van der Waals surface area contributed by atoms with Crippen LogP contribution in [0, 0.1) is 0 Å². The molecule has 0 bridgehead atoms. The lowest BCUT2D eigenvalue weighted by atomic mass is 10.1. The Labute approximate surface area is 135 Å². The summed E-state index contributed by atoms with van der Waals surface area (Å²) in [4.78, 5) is 4.49. The first-order chi connectivity index (χ1) is 10.2. The summed E-state index contributed by atoms with van der Waals surface area (Å²) in [6, 6.07) is 0. The van der Waals surface area contributed by atoms with Crippen LogP contribution in [0.2, 0.25) is 0 Å². The zero-order chi connectivity index (χ0) is 15.3. The maximum Gasteiger partial charge on any atom is 0.208 e. The van der Waals surface area contributed by atoms with Crippen LogP contribution in [0.3, 0.4) is 0 Å². The fraction of sp³-hybridized carbons (Fsp3) is 0.882. The number of H-pyrrole nitrogens is 1. The van der Waals surface area contributed by atoms with Gasteiger partial charge in [0.2, 0.25) is 5.16 Å². The zero-order valence-corrected chi connectivity index (χ0v) is 15.0. The highest BCUT2D eigenvalue weighted by Crippen LogP contribution is 2.18. The molecule has 0 aliphatic rings. The molecular weight excluding hydrogens is 278 g/mol. The lowest BCUT2D eigenvalue weighted by Gasteiger charge is -2.01. The van der Waals surface area contributed by atoms with Crippen LogP contribution in [0.5, 0.6) is 0 Å². The summed E-state index contributed by atoms with van der Waals surface area (Å²) < 4.78 is 0. The third-order valence-corrected chi connectivity index (χ3v) is 4.69. The number of nitrogens with one attached hydrogen (secondary N) is 1. The summed E-state index contributed by atoms with van der Waals surface area (Å²) in [5.41, 5.74) is 0. The van der Waals surface area contributed by atoms with E-state index in [-0.39, 0.29) is 0 Å². The van der Waals surface area contributed by atoms with E-state index in [0.29, 0.717) is 5.92 Å². The van der Waals surface area contributed by atoms with Crippen molar-refractivity contribution < 1.29 is 0 Å². The van der Waals surface area contributed by atoms with E-state index in [1.807, 2.05) is 0 Å². The molecule has 0 spiro atoms. The molecule has 0 aliphatic heterocycles. The van der Waals surface area contributed by atoms with Gasteiger partial charge in [0, 0.05) is 11.7 Å². The number of hydrogen-bond donors (Lipinski definition) is 1. The minimum absolute atomic E-state index is 0.434. The van der Waals surface area contributed by atoms with Gasteiger partial charge in [-0.05, 0) is 6.42 Å². The second-order valence-electron chi connectivity index (χ2n) is 6.19. The molecule has 1 aromatic rings. The van der Waals surface area contributed by atoms with E-state index in [4.69, 9.17) is 0 Å². The molecule has 0 amide bonds. The van der Waals surface area contributed by atoms with Crippen molar-refractivity contribution in [2.24, 2.45) is 0 Å². The van der Waals surface area contributed by atoms with Gasteiger partial charge in [-0.25, -0.2) is 4.98 Å². The molecule has 1 rings (SSSR count). The van der Waals surface area contributed by atoms with Crippen LogP contribution in [0.15, 0.2) is 5.16 Å². The molecule has 3 nitrogen and oxygen atoms in total. The van der Waals surface area contributed by atoms with Crippen molar-refractivity contribution in [3.63, 3.8) is 0 Å². The Kier molecular flexibility index (Phi) is 10.7. The number of unbranched alkanes of at least 4 members (excludes halogenated alkanes) is 9. The predicted octanol–water partition coefficient (Wildman–Crippen LogP) is 5.94. The Morgan fingerprint density at radius 3 is 2.00 bits per heavy atom. The largest absolute Gasteiger partial charge is 0.262 e. The molecule has 1 N–H and O–H groups in total. The number of aromatic nitrogens is 3. The molecule has 0 unspecified atom stereocenters. The third kappa shape index (κ3) is 9.18. The number of aromatic amines is 1. The molecule has 122 valence electrons. The number of thioether (sulfide) groups is 1. The topological polar surface area (TPSA) is 41.6 Å². The van der Waals surface area contributed by atoms with Crippen molar-refractivity contribution in [2.75, 3.05) is 5.75 Å². The standard InChI is InChI=1S/C17H33N3S/c1-4-5-6-7-8-9-10-11-12-13-14-21-17-18-16(15(2)3)19-20-17/h15H,4-14H2,1-3H3,(H,18,19,20). The molecule has 0 fully saturated rings. The van der Waals surface area contributed by atoms with Crippen molar-refractivity contribution in [2.45, 2.75) is 96.1 Å². The minimum atomic E-state index is 0.434. The first-order valence-electron chi connectivity index (χ1n) is 8.79. The molecule has 0 atom stereocenters. The second-order valence-corrected chi connectivity index (χ2v) is 7.25. The average Bonchev–Trinajstić information content (AvgIpc) is 2.94. The van der Waals surface area contributed by atoms with Crippen LogP contribution in [0.1, 0.15) is 96.7 Å². The van der Waals surface area contributed by atoms with Gasteiger partial charge in [0.05, 0.1) is 0 Å². The molecule has 1 aromatic heterocycles. The lowest BCUT2D eigenvalue weighted by molar-refractivity contribution is 0.563. The van der Waals surface area contributed by atoms with Crippen LogP contribution in [0.25, 0.3) is 0 Å². The van der Waals surface area contributed by atoms with E-state index < -0.39 is 0 Å². The molecule has 0 aliphatic carbocycles. The monoisotopic (exact) mass is 311 g/mol. The summed E-state index contributed by atoms with van der Waals surface area (Å²) in [5.74, 6) is 2.58. The van der Waals surface area contributed by atoms with Gasteiger partial charge in [-0.1, -0.05) is 90.3 Å². The van der Waals surface area contributed by atoms with E-state index in [1.165, 1.54) is 64.2 Å². The molecule has 0 radical (unpaired) electrons. The van der Waals surface area contributed by atoms with E-state index in [9.17, 15) is 0 Å². The molecule has 1 heterocycles. The maximum atomic E-state index is 4.49. The first-order valence-corrected chi connectivity index (χ1v) is 9.77. The van der Waals surface area contributed by atoms with Crippen molar-refractivity contribution in [1.29, 1.82) is 0 Å². The van der Waals surface area contributed by atoms with Gasteiger partial charge in [0.15, 0.2) is 0 Å². The highest BCUT2D eigenvalue weighted by Gasteiger charge is 2.06. The van der Waals surface area contributed by atoms with Gasteiger partial charge < -0.3 is 0 Å². The maximum absolute atomic E-state index is 4.49. The molecule has 0 aromatic carbocycles. The Balaban J connectivity index is 1.88. The summed E-state index contributed by atoms with van der Waals surface area (Å²) in [6.07, 6.45) is 13.9. The minimum Gasteiger partial charge on any atom is -0.262 e. The van der Waals surface area contributed by atoms with E-state index >= 15 is 0 Å². The molecule has 0 saturated heterocycles. The van der Waals surface area contributed by atoms with Crippen LogP contribution < -0.4 is 0 Å². The smallest absolute Gasteiger partial charge is 0.208 e. The van der Waals surface area contributed by atoms with Crippen molar-refractivity contribution in [3.8, 4) is 0 Å². The third-order valence-electron chi connectivity index (χ3n) is 3.76. The van der Waals surface area contributed by atoms with Gasteiger partial charge >= 0.3 is 0 Å². The van der Waals surface area contributed by atoms with Crippen molar-refractivity contribution in [3.05, 3.63) is 5.82 Å². The normalized spacial score (nSPS) is 11.4. The second kappa shape index (κ2) is 12.1. The fourth-order valence-corrected chi connectivity index (χ4v) is 3.14. The quantitative estimate of drug-likeness (QED) is 0.362. The number of rotatable bonds is 13. The number of hydrogen-bond acceptors (Lipinski definition) is 3. The van der Waals surface area contributed by atoms with Crippen molar-refractivity contribution in [1.82, 2.24) is 15.2 Å². The Morgan fingerprint density at radius 2 is 1.48 bits per heavy atom. The van der Waals surface area contributed by atoms with Gasteiger partial charge in [-0.15, -0.1) is 5.10 Å². The molecule has 0 saturated carbocycles. The fourth-order valence-electron chi connectivity index (χ4n) is 2.33. The highest BCUT2D eigenvalue weighted by molar-refractivity contribution is 7.99. The summed E-state index contributed by atoms with van der Waals surface area (Å²) in [6.45, 7) is 6.55. The Morgan fingerprint density at radius 1 is 0.905 bits per heavy atom. The van der Waals surface area contributed by atoms with E-state index in [0.717, 1.165) is 16.7 Å². The zero-order valence-electron chi connectivity index (χ0n) is 14.2. The van der Waals surface area contributed by atoms with Crippen LogP contribution in [-0.2, 0) is 0 Å². The van der Waals surface area contributed by atoms with Crippen LogP contribution in [-0.4, -0.2) is 20.9 Å². The summed E-state index contributed by atoms with van der Waals surface area (Å²) in [7, 11) is 0. The summed E-state index contributed by atoms with van der Waals surface area (Å²) >= 11 is 1.78. The Hall–Kier alpha value is -0.510. The van der Waals surface area contributed by atoms with Gasteiger partial charge in [-0.2, -0.15) is 0 Å².